The number of piperidine rings is 1. The third-order valence-electron chi connectivity index (χ3n) is 4.44. The van der Waals surface area contributed by atoms with Gasteiger partial charge in [0.2, 0.25) is 5.28 Å². The minimum atomic E-state index is -0.882. The zero-order chi connectivity index (χ0) is 17.1. The summed E-state index contributed by atoms with van der Waals surface area (Å²) < 4.78 is 5.38. The van der Waals surface area contributed by atoms with Crippen molar-refractivity contribution >= 4 is 29.3 Å². The minimum absolute atomic E-state index is 0.0251. The van der Waals surface area contributed by atoms with Crippen LogP contribution >= 0.6 is 11.6 Å². The smallest absolute Gasteiger partial charge is 0.407 e. The summed E-state index contributed by atoms with van der Waals surface area (Å²) in [5, 5.41) is 12.7. The highest BCUT2D eigenvalue weighted by molar-refractivity contribution is 6.28. The highest BCUT2D eigenvalue weighted by Crippen LogP contribution is 2.27. The van der Waals surface area contributed by atoms with Crippen molar-refractivity contribution in [3.63, 3.8) is 0 Å². The van der Waals surface area contributed by atoms with Crippen molar-refractivity contribution in [3.05, 3.63) is 10.8 Å². The van der Waals surface area contributed by atoms with Gasteiger partial charge in [0.1, 0.15) is 11.6 Å². The van der Waals surface area contributed by atoms with E-state index in [1.54, 1.807) is 0 Å². The van der Waals surface area contributed by atoms with Crippen LogP contribution in [-0.4, -0.2) is 71.5 Å². The summed E-state index contributed by atoms with van der Waals surface area (Å²) in [5.41, 5.74) is 0.925. The fraction of sp³-hybridized carbons (Fsp3) is 0.667. The average molecular weight is 356 g/mol. The van der Waals surface area contributed by atoms with Crippen LogP contribution in [-0.2, 0) is 4.74 Å². The summed E-state index contributed by atoms with van der Waals surface area (Å²) >= 11 is 6.11. The number of morpholine rings is 1. The van der Waals surface area contributed by atoms with Crippen LogP contribution in [0.2, 0.25) is 5.28 Å². The first-order valence-corrected chi connectivity index (χ1v) is 8.53. The van der Waals surface area contributed by atoms with Crippen LogP contribution < -0.4 is 10.2 Å². The highest BCUT2D eigenvalue weighted by Gasteiger charge is 2.25. The number of halogens is 1. The van der Waals surface area contributed by atoms with Crippen LogP contribution in [0.4, 0.5) is 16.4 Å². The van der Waals surface area contributed by atoms with E-state index in [1.165, 1.54) is 4.90 Å². The topological polar surface area (TPSA) is 90.8 Å². The maximum absolute atomic E-state index is 11.2. The van der Waals surface area contributed by atoms with Gasteiger partial charge in [0.15, 0.2) is 0 Å². The molecule has 0 saturated carbocycles. The highest BCUT2D eigenvalue weighted by atomic mass is 35.5. The number of carboxylic acid groups (broad SMARTS) is 1. The summed E-state index contributed by atoms with van der Waals surface area (Å²) in [4.78, 5) is 23.4. The Morgan fingerprint density at radius 1 is 1.33 bits per heavy atom. The monoisotopic (exact) mass is 355 g/mol. The van der Waals surface area contributed by atoms with Crippen LogP contribution in [0.5, 0.6) is 0 Å². The number of hydrogen-bond donors (Lipinski definition) is 2. The Bertz CT molecular complexity index is 609. The largest absolute Gasteiger partial charge is 0.465 e. The molecule has 2 aliphatic rings. The van der Waals surface area contributed by atoms with Crippen LogP contribution in [0.25, 0.3) is 0 Å². The van der Waals surface area contributed by atoms with Crippen LogP contribution in [0, 0.1) is 6.92 Å². The number of aromatic nitrogens is 2. The van der Waals surface area contributed by atoms with Gasteiger partial charge in [0, 0.05) is 37.8 Å². The molecule has 24 heavy (non-hydrogen) atoms. The van der Waals surface area contributed by atoms with E-state index in [0.29, 0.717) is 32.1 Å². The fourth-order valence-corrected chi connectivity index (χ4v) is 3.33. The van der Waals surface area contributed by atoms with Crippen molar-refractivity contribution < 1.29 is 14.6 Å². The average Bonchev–Trinajstić information content (AvgIpc) is 2.59. The van der Waals surface area contributed by atoms with Crippen molar-refractivity contribution in [3.8, 4) is 0 Å². The first-order valence-electron chi connectivity index (χ1n) is 8.16. The summed E-state index contributed by atoms with van der Waals surface area (Å²) in [6, 6.07) is 0.0251. The number of likely N-dealkylation sites (tertiary alicyclic amines) is 1. The summed E-state index contributed by atoms with van der Waals surface area (Å²) in [6.07, 6.45) is 0.850. The Labute approximate surface area is 145 Å². The van der Waals surface area contributed by atoms with Gasteiger partial charge in [-0.1, -0.05) is 0 Å². The molecule has 0 aromatic carbocycles. The Kier molecular flexibility index (Phi) is 5.25. The van der Waals surface area contributed by atoms with E-state index >= 15 is 0 Å². The molecule has 3 heterocycles. The quantitative estimate of drug-likeness (QED) is 0.799. The molecule has 0 aliphatic carbocycles. The standard InChI is InChI=1S/C15H22ClN5O3/c1-10-12(17-11-3-2-4-21(9-11)15(22)23)18-14(16)19-13(10)20-5-7-24-8-6-20/h11H,2-9H2,1H3,(H,22,23)(H,17,18,19). The maximum Gasteiger partial charge on any atom is 0.407 e. The molecule has 0 spiro atoms. The Balaban J connectivity index is 1.77. The second-order valence-electron chi connectivity index (χ2n) is 6.10. The third kappa shape index (κ3) is 3.81. The lowest BCUT2D eigenvalue weighted by Crippen LogP contribution is -2.44. The van der Waals surface area contributed by atoms with Gasteiger partial charge < -0.3 is 25.0 Å². The number of carbonyl (C=O) groups is 1. The van der Waals surface area contributed by atoms with E-state index in [4.69, 9.17) is 21.4 Å². The van der Waals surface area contributed by atoms with Gasteiger partial charge in [0.25, 0.3) is 0 Å². The van der Waals surface area contributed by atoms with Crippen molar-refractivity contribution in [2.45, 2.75) is 25.8 Å². The van der Waals surface area contributed by atoms with Gasteiger partial charge in [-0.3, -0.25) is 0 Å². The van der Waals surface area contributed by atoms with Gasteiger partial charge in [0.05, 0.1) is 13.2 Å². The molecule has 9 heteroatoms. The van der Waals surface area contributed by atoms with Crippen LogP contribution in [0.3, 0.4) is 0 Å². The molecule has 2 saturated heterocycles. The molecule has 0 radical (unpaired) electrons. The van der Waals surface area contributed by atoms with Gasteiger partial charge in [-0.2, -0.15) is 0 Å². The van der Waals surface area contributed by atoms with Crippen LogP contribution in [0.1, 0.15) is 18.4 Å². The number of nitrogens with zero attached hydrogens (tertiary/aromatic N) is 4. The molecular formula is C15H22ClN5O3. The van der Waals surface area contributed by atoms with E-state index < -0.39 is 6.09 Å². The second-order valence-corrected chi connectivity index (χ2v) is 6.44. The Morgan fingerprint density at radius 3 is 2.79 bits per heavy atom. The number of rotatable bonds is 3. The van der Waals surface area contributed by atoms with Gasteiger partial charge in [-0.25, -0.2) is 14.8 Å². The van der Waals surface area contributed by atoms with E-state index in [1.807, 2.05) is 6.92 Å². The number of ether oxygens (including phenoxy) is 1. The predicted molar refractivity (Wildman–Crippen MR) is 91.1 cm³/mol. The van der Waals surface area contributed by atoms with Crippen molar-refractivity contribution in [1.82, 2.24) is 14.9 Å². The number of nitrogens with one attached hydrogen (secondary N) is 1. The van der Waals surface area contributed by atoms with E-state index in [2.05, 4.69) is 20.2 Å². The zero-order valence-corrected chi connectivity index (χ0v) is 14.4. The molecule has 2 fully saturated rings. The molecule has 132 valence electrons. The van der Waals surface area contributed by atoms with Gasteiger partial charge >= 0.3 is 6.09 Å². The molecule has 8 nitrogen and oxygen atoms in total. The van der Waals surface area contributed by atoms with E-state index in [0.717, 1.165) is 37.3 Å². The van der Waals surface area contributed by atoms with E-state index in [9.17, 15) is 4.79 Å². The lowest BCUT2D eigenvalue weighted by Gasteiger charge is -2.33. The number of anilines is 2. The molecule has 2 N–H and O–H groups in total. The van der Waals surface area contributed by atoms with E-state index in [-0.39, 0.29) is 11.3 Å². The zero-order valence-electron chi connectivity index (χ0n) is 13.7. The Hall–Kier alpha value is -1.80. The molecule has 0 bridgehead atoms. The van der Waals surface area contributed by atoms with Gasteiger partial charge in [-0.15, -0.1) is 0 Å². The Morgan fingerprint density at radius 2 is 2.08 bits per heavy atom. The summed E-state index contributed by atoms with van der Waals surface area (Å²) in [7, 11) is 0. The molecule has 1 atom stereocenters. The van der Waals surface area contributed by atoms with Crippen molar-refractivity contribution in [2.24, 2.45) is 0 Å². The van der Waals surface area contributed by atoms with Crippen molar-refractivity contribution in [2.75, 3.05) is 49.6 Å². The minimum Gasteiger partial charge on any atom is -0.465 e. The summed E-state index contributed by atoms with van der Waals surface area (Å²) in [6.45, 7) is 5.86. The molecule has 1 amide bonds. The lowest BCUT2D eigenvalue weighted by molar-refractivity contribution is 0.122. The molecule has 1 unspecified atom stereocenters. The number of hydrogen-bond acceptors (Lipinski definition) is 6. The van der Waals surface area contributed by atoms with Gasteiger partial charge in [-0.05, 0) is 31.4 Å². The molecule has 1 aromatic heterocycles. The predicted octanol–water partition coefficient (Wildman–Crippen LogP) is 1.83. The first-order chi connectivity index (χ1) is 11.5. The fourth-order valence-electron chi connectivity index (χ4n) is 3.16. The number of amides is 1. The van der Waals surface area contributed by atoms with Crippen LogP contribution in [0.15, 0.2) is 0 Å². The maximum atomic E-state index is 11.2. The molecule has 1 aromatic rings. The van der Waals surface area contributed by atoms with Crippen molar-refractivity contribution in [1.29, 1.82) is 0 Å². The normalized spacial score (nSPS) is 21.7. The third-order valence-corrected chi connectivity index (χ3v) is 4.61. The summed E-state index contributed by atoms with van der Waals surface area (Å²) in [5.74, 6) is 1.49. The molecule has 3 rings (SSSR count). The second kappa shape index (κ2) is 7.40. The SMILES string of the molecule is Cc1c(NC2CCCN(C(=O)O)C2)nc(Cl)nc1N1CCOCC1. The lowest BCUT2D eigenvalue weighted by atomic mass is 10.1. The molecule has 2 aliphatic heterocycles. The molecular weight excluding hydrogens is 334 g/mol. The first kappa shape index (κ1) is 17.0.